The summed E-state index contributed by atoms with van der Waals surface area (Å²) in [7, 11) is -16.4. The Labute approximate surface area is 337 Å². The van der Waals surface area contributed by atoms with E-state index in [9.17, 15) is 57.9 Å². The second-order valence-corrected chi connectivity index (χ2v) is 18.8. The van der Waals surface area contributed by atoms with Gasteiger partial charge in [-0.05, 0) is 18.9 Å². The fourth-order valence-electron chi connectivity index (χ4n) is 5.20. The van der Waals surface area contributed by atoms with Crippen molar-refractivity contribution < 1.29 is 80.5 Å². The maximum Gasteiger partial charge on any atom is 0.481 e. The predicted molar refractivity (Wildman–Crippen MR) is 205 cm³/mol. The van der Waals surface area contributed by atoms with Gasteiger partial charge in [-0.3, -0.25) is 32.5 Å². The normalized spacial score (nSPS) is 21.5. The second-order valence-electron chi connectivity index (χ2n) is 13.5. The summed E-state index contributed by atoms with van der Waals surface area (Å²) < 4.78 is 62.2. The van der Waals surface area contributed by atoms with Crippen LogP contribution in [0, 0.1) is 5.41 Å². The summed E-state index contributed by atoms with van der Waals surface area (Å²) in [5.41, 5.74) is 4.27. The molecule has 3 rings (SSSR count). The maximum absolute atomic E-state index is 12.7. The van der Waals surface area contributed by atoms with Gasteiger partial charge in [0.05, 0.1) is 19.5 Å². The zero-order valence-electron chi connectivity index (χ0n) is 31.8. The van der Waals surface area contributed by atoms with Gasteiger partial charge in [0.2, 0.25) is 16.9 Å². The third kappa shape index (κ3) is 16.1. The van der Waals surface area contributed by atoms with Crippen LogP contribution in [0.3, 0.4) is 0 Å². The molecule has 7 atom stereocenters. The summed E-state index contributed by atoms with van der Waals surface area (Å²) in [6, 6.07) is 0. The summed E-state index contributed by atoms with van der Waals surface area (Å²) in [6.45, 7) is 2.62. The number of aromatic nitrogens is 4. The Morgan fingerprint density at radius 1 is 1.05 bits per heavy atom. The molecule has 0 saturated carbocycles. The third-order valence-corrected chi connectivity index (χ3v) is 12.2. The molecule has 1 fully saturated rings. The van der Waals surface area contributed by atoms with Crippen LogP contribution in [0.2, 0.25) is 0 Å². The first-order valence-electron chi connectivity index (χ1n) is 17.8. The molecular weight excluding hydrogens is 855 g/mol. The highest BCUT2D eigenvalue weighted by atomic mass is 32.2. The fourth-order valence-corrected chi connectivity index (χ4v) is 8.63. The number of phosphoric ester groups is 3. The van der Waals surface area contributed by atoms with Crippen LogP contribution in [0.5, 0.6) is 0 Å². The van der Waals surface area contributed by atoms with E-state index in [1.54, 1.807) is 0 Å². The van der Waals surface area contributed by atoms with Crippen molar-refractivity contribution in [1.29, 1.82) is 0 Å². The number of nitrogen functional groups attached to an aromatic ring is 1. The van der Waals surface area contributed by atoms with Crippen LogP contribution in [-0.4, -0.2) is 123 Å². The number of ether oxygens (including phenoxy) is 1. The van der Waals surface area contributed by atoms with Gasteiger partial charge in [-0.2, -0.15) is 4.31 Å². The number of imidazole rings is 1. The number of thioether (sulfide) groups is 1. The summed E-state index contributed by atoms with van der Waals surface area (Å²) >= 11 is 1.05. The first kappa shape index (κ1) is 49.7. The van der Waals surface area contributed by atoms with Crippen molar-refractivity contribution >= 4 is 69.1 Å². The van der Waals surface area contributed by atoms with Gasteiger partial charge in [0.15, 0.2) is 17.7 Å². The quantitative estimate of drug-likeness (QED) is 0.0384. The molecule has 0 aliphatic carbocycles. The van der Waals surface area contributed by atoms with Gasteiger partial charge < -0.3 is 50.9 Å². The zero-order valence-corrected chi connectivity index (χ0v) is 35.3. The van der Waals surface area contributed by atoms with Crippen LogP contribution >= 0.6 is 35.2 Å². The van der Waals surface area contributed by atoms with Crippen molar-refractivity contribution in [3.05, 3.63) is 24.8 Å². The minimum atomic E-state index is -5.57. The number of anilines is 1. The van der Waals surface area contributed by atoms with Crippen LogP contribution in [-0.2, 0) is 50.7 Å². The summed E-state index contributed by atoms with van der Waals surface area (Å²) in [5.74, 6) is -1.11. The lowest BCUT2D eigenvalue weighted by molar-refractivity contribution is -0.137. The molecular formula is C30H50N7O17P3S. The molecule has 0 spiro atoms. The second kappa shape index (κ2) is 22.2. The number of rotatable bonds is 25. The standard InChI is InChI=1S/C30H50N7O17P3S/c1-4-5-6-7-8-9-10-21(39)58-14-13-32-20(38)11-12-33-28(42)25(41)30(2,3)16-51-57(48,49)54-56(46,47)50-15-19-24(53-55(43,44)45)23(40)29(52-19)37-18-36-22-26(31)34-17-35-27(22)37/h9-10,17-19,23-25,29,40-41H,4-8,11-16H2,1-3H3,(H,32,38)(H,33,42)(H,46,47)(H,48,49)(H2,31,34,35)(H2,43,44,45)/t19-,23-,24-,25+,29-/m1/s1. The van der Waals surface area contributed by atoms with Crippen molar-refractivity contribution in [2.24, 2.45) is 5.41 Å². The monoisotopic (exact) mass is 905 g/mol. The van der Waals surface area contributed by atoms with Crippen LogP contribution < -0.4 is 16.4 Å². The number of phosphoric acid groups is 3. The van der Waals surface area contributed by atoms with Crippen LogP contribution in [0.25, 0.3) is 11.2 Å². The molecule has 2 aromatic rings. The molecule has 24 nitrogen and oxygen atoms in total. The number of unbranched alkanes of at least 4 members (excludes halogenated alkanes) is 4. The highest BCUT2D eigenvalue weighted by molar-refractivity contribution is 8.14. The lowest BCUT2D eigenvalue weighted by Crippen LogP contribution is -2.46. The molecule has 1 aliphatic rings. The highest BCUT2D eigenvalue weighted by Crippen LogP contribution is 2.61. The number of fused-ring (bicyclic) bond motifs is 1. The highest BCUT2D eigenvalue weighted by Gasteiger charge is 2.50. The number of hydrogen-bond donors (Lipinski definition) is 9. The molecule has 1 aliphatic heterocycles. The first-order valence-corrected chi connectivity index (χ1v) is 23.3. The number of nitrogens with two attached hydrogens (primary N) is 1. The molecule has 3 heterocycles. The first-order chi connectivity index (χ1) is 27.1. The Bertz CT molecular complexity index is 1880. The van der Waals surface area contributed by atoms with Gasteiger partial charge >= 0.3 is 23.5 Å². The van der Waals surface area contributed by atoms with Gasteiger partial charge in [0.1, 0.15) is 36.3 Å². The van der Waals surface area contributed by atoms with E-state index in [1.807, 2.05) is 6.08 Å². The SMILES string of the molecule is CCCCCCC=CC(=O)SCCNC(=O)CCNC(=O)[C@H](O)C(C)(C)COP(=O)(O)OP(=O)(O)OC[C@H]1O[C@@H](n2cnc3c(N)ncnc32)[C@H](O)[C@@H]1OP(=O)(O)O. The number of allylic oxidation sites excluding steroid dienone is 1. The minimum absolute atomic E-state index is 0.0312. The van der Waals surface area contributed by atoms with Gasteiger partial charge in [-0.25, -0.2) is 28.6 Å². The maximum atomic E-state index is 12.7. The van der Waals surface area contributed by atoms with Crippen molar-refractivity contribution in [3.8, 4) is 0 Å². The topological polar surface area (TPSA) is 364 Å². The van der Waals surface area contributed by atoms with E-state index >= 15 is 0 Å². The van der Waals surface area contributed by atoms with Crippen molar-refractivity contribution in [2.75, 3.05) is 37.8 Å². The van der Waals surface area contributed by atoms with Gasteiger partial charge in [0, 0.05) is 30.7 Å². The number of nitrogens with one attached hydrogen (secondary N) is 2. The van der Waals surface area contributed by atoms with Crippen molar-refractivity contribution in [1.82, 2.24) is 30.2 Å². The van der Waals surface area contributed by atoms with E-state index in [-0.39, 0.29) is 41.6 Å². The van der Waals surface area contributed by atoms with E-state index in [4.69, 9.17) is 19.5 Å². The molecule has 1 saturated heterocycles. The van der Waals surface area contributed by atoms with Gasteiger partial charge in [-0.15, -0.1) is 0 Å². The number of hydrogen-bond acceptors (Lipinski definition) is 18. The number of aliphatic hydroxyl groups excluding tert-OH is 2. The van der Waals surface area contributed by atoms with E-state index < -0.39 is 84.6 Å². The van der Waals surface area contributed by atoms with E-state index in [1.165, 1.54) is 19.9 Å². The van der Waals surface area contributed by atoms with Gasteiger partial charge in [0.25, 0.3) is 0 Å². The molecule has 0 radical (unpaired) electrons. The van der Waals surface area contributed by atoms with E-state index in [0.717, 1.165) is 61.1 Å². The lowest BCUT2D eigenvalue weighted by atomic mass is 9.87. The van der Waals surface area contributed by atoms with Crippen molar-refractivity contribution in [2.45, 2.75) is 89.9 Å². The zero-order chi connectivity index (χ0) is 43.3. The Hall–Kier alpha value is -2.70. The van der Waals surface area contributed by atoms with Crippen LogP contribution in [0.1, 0.15) is 65.5 Å². The Morgan fingerprint density at radius 3 is 2.45 bits per heavy atom. The third-order valence-electron chi connectivity index (χ3n) is 8.22. The Kier molecular flexibility index (Phi) is 19.0. The lowest BCUT2D eigenvalue weighted by Gasteiger charge is -2.30. The molecule has 328 valence electrons. The predicted octanol–water partition coefficient (Wildman–Crippen LogP) is 1.19. The number of carbonyl (C=O) groups excluding carboxylic acids is 3. The number of nitrogens with zero attached hydrogens (tertiary/aromatic N) is 4. The van der Waals surface area contributed by atoms with E-state index in [0.29, 0.717) is 5.75 Å². The van der Waals surface area contributed by atoms with Crippen molar-refractivity contribution in [3.63, 3.8) is 0 Å². The molecule has 10 N–H and O–H groups in total. The molecule has 2 amide bonds. The van der Waals surface area contributed by atoms with Crippen LogP contribution in [0.4, 0.5) is 5.82 Å². The number of amides is 2. The molecule has 58 heavy (non-hydrogen) atoms. The van der Waals surface area contributed by atoms with Crippen LogP contribution in [0.15, 0.2) is 24.8 Å². The Morgan fingerprint density at radius 2 is 1.76 bits per heavy atom. The molecule has 0 aromatic carbocycles. The molecule has 28 heteroatoms. The average Bonchev–Trinajstić information content (AvgIpc) is 3.69. The largest absolute Gasteiger partial charge is 0.481 e. The van der Waals surface area contributed by atoms with Gasteiger partial charge in [-0.1, -0.05) is 57.9 Å². The molecule has 0 bridgehead atoms. The Balaban J connectivity index is 1.44. The minimum Gasteiger partial charge on any atom is -0.386 e. The smallest absolute Gasteiger partial charge is 0.386 e. The summed E-state index contributed by atoms with van der Waals surface area (Å²) in [5, 5.41) is 26.3. The van der Waals surface area contributed by atoms with E-state index in [2.05, 4.69) is 41.3 Å². The average molecular weight is 906 g/mol. The molecule has 2 aromatic heterocycles. The molecule has 2 unspecified atom stereocenters. The number of aliphatic hydroxyl groups is 2. The summed E-state index contributed by atoms with van der Waals surface area (Å²) in [6.07, 6.45) is 1.68. The summed E-state index contributed by atoms with van der Waals surface area (Å²) in [4.78, 5) is 87.6. The fraction of sp³-hybridized carbons (Fsp3) is 0.667. The number of carbonyl (C=O) groups is 3.